The van der Waals surface area contributed by atoms with E-state index < -0.39 is 10.0 Å². The third-order valence-corrected chi connectivity index (χ3v) is 6.83. The number of benzene rings is 2. The van der Waals surface area contributed by atoms with E-state index in [4.69, 9.17) is 0 Å². The third-order valence-electron chi connectivity index (χ3n) is 5.03. The molecule has 6 heteroatoms. The molecule has 1 aliphatic carbocycles. The molecular weight excluding hydrogens is 372 g/mol. The summed E-state index contributed by atoms with van der Waals surface area (Å²) in [5.41, 5.74) is 3.30. The van der Waals surface area contributed by atoms with Crippen molar-refractivity contribution in [2.75, 3.05) is 17.9 Å². The molecular formula is C22H26N2O3S. The Morgan fingerprint density at radius 1 is 1.04 bits per heavy atom. The van der Waals surface area contributed by atoms with Gasteiger partial charge in [0.2, 0.25) is 0 Å². The molecule has 1 aliphatic rings. The number of carbonyl (C=O) groups is 1. The van der Waals surface area contributed by atoms with Crippen molar-refractivity contribution in [3.63, 3.8) is 0 Å². The van der Waals surface area contributed by atoms with Gasteiger partial charge >= 0.3 is 0 Å². The van der Waals surface area contributed by atoms with E-state index in [0.29, 0.717) is 17.8 Å². The second kappa shape index (κ2) is 8.61. The second-order valence-corrected chi connectivity index (χ2v) is 9.09. The Balaban J connectivity index is 1.68. The van der Waals surface area contributed by atoms with Gasteiger partial charge in [-0.05, 0) is 69.0 Å². The number of carbonyl (C=O) groups excluding carboxylic acids is 1. The molecule has 0 aromatic heterocycles. The van der Waals surface area contributed by atoms with Crippen LogP contribution in [-0.2, 0) is 10.0 Å². The Labute approximate surface area is 167 Å². The van der Waals surface area contributed by atoms with Gasteiger partial charge < -0.3 is 5.32 Å². The van der Waals surface area contributed by atoms with Crippen LogP contribution in [0.2, 0.25) is 0 Å². The predicted molar refractivity (Wildman–Crippen MR) is 112 cm³/mol. The molecule has 28 heavy (non-hydrogen) atoms. The van der Waals surface area contributed by atoms with Crippen LogP contribution in [0, 0.1) is 6.92 Å². The van der Waals surface area contributed by atoms with Crippen molar-refractivity contribution >= 4 is 21.6 Å². The minimum atomic E-state index is -3.64. The smallest absolute Gasteiger partial charge is 0.264 e. The fourth-order valence-corrected chi connectivity index (χ4v) is 4.39. The van der Waals surface area contributed by atoms with Crippen molar-refractivity contribution in [2.45, 2.75) is 37.5 Å². The van der Waals surface area contributed by atoms with Gasteiger partial charge in [-0.25, -0.2) is 8.42 Å². The number of anilines is 1. The first-order chi connectivity index (χ1) is 13.4. The lowest BCUT2D eigenvalue weighted by Gasteiger charge is -2.20. The Hall–Kier alpha value is -2.60. The fraction of sp³-hybridized carbons (Fsp3) is 0.318. The summed E-state index contributed by atoms with van der Waals surface area (Å²) in [4.78, 5) is 12.6. The van der Waals surface area contributed by atoms with Crippen molar-refractivity contribution in [3.05, 3.63) is 71.3 Å². The molecule has 1 amide bonds. The zero-order chi connectivity index (χ0) is 20.1. The van der Waals surface area contributed by atoms with E-state index in [9.17, 15) is 13.2 Å². The first kappa shape index (κ1) is 20.1. The van der Waals surface area contributed by atoms with Crippen LogP contribution in [0.4, 0.5) is 5.69 Å². The van der Waals surface area contributed by atoms with Gasteiger partial charge in [0.05, 0.1) is 10.6 Å². The standard InChI is InChI=1S/C22H26N2O3S/c1-17-8-14-21(15-9-17)28(26,27)24(2)20-12-10-19(11-13-20)22(25)23-16-18-6-4-3-5-7-18/h6,8-15H,3-5,7,16H2,1-2H3,(H,23,25). The molecule has 148 valence electrons. The van der Waals surface area contributed by atoms with E-state index in [1.165, 1.54) is 29.8 Å². The van der Waals surface area contributed by atoms with Crippen LogP contribution in [0.3, 0.4) is 0 Å². The topological polar surface area (TPSA) is 66.5 Å². The molecule has 0 saturated heterocycles. The number of rotatable bonds is 6. The Morgan fingerprint density at radius 2 is 1.71 bits per heavy atom. The number of hydrogen-bond donors (Lipinski definition) is 1. The number of amides is 1. The van der Waals surface area contributed by atoms with Gasteiger partial charge in [-0.15, -0.1) is 0 Å². The lowest BCUT2D eigenvalue weighted by molar-refractivity contribution is 0.0956. The summed E-state index contributed by atoms with van der Waals surface area (Å²) >= 11 is 0. The van der Waals surface area contributed by atoms with Crippen molar-refractivity contribution in [1.29, 1.82) is 0 Å². The first-order valence-electron chi connectivity index (χ1n) is 9.50. The van der Waals surface area contributed by atoms with Gasteiger partial charge in [0, 0.05) is 19.2 Å². The molecule has 0 aliphatic heterocycles. The largest absolute Gasteiger partial charge is 0.348 e. The number of allylic oxidation sites excluding steroid dienone is 1. The van der Waals surface area contributed by atoms with Gasteiger partial charge in [0.25, 0.3) is 15.9 Å². The maximum atomic E-state index is 12.8. The molecule has 0 unspecified atom stereocenters. The Morgan fingerprint density at radius 3 is 2.32 bits per heavy atom. The number of hydrogen-bond acceptors (Lipinski definition) is 3. The SMILES string of the molecule is Cc1ccc(S(=O)(=O)N(C)c2ccc(C(=O)NCC3=CCCCC3)cc2)cc1. The number of sulfonamides is 1. The molecule has 1 N–H and O–H groups in total. The third kappa shape index (κ3) is 4.62. The van der Waals surface area contributed by atoms with Crippen LogP contribution in [-0.4, -0.2) is 27.9 Å². The van der Waals surface area contributed by atoms with Gasteiger partial charge in [-0.1, -0.05) is 29.3 Å². The van der Waals surface area contributed by atoms with E-state index in [2.05, 4.69) is 11.4 Å². The highest BCUT2D eigenvalue weighted by atomic mass is 32.2. The van der Waals surface area contributed by atoms with Crippen LogP contribution in [0.1, 0.15) is 41.6 Å². The molecule has 0 radical (unpaired) electrons. The zero-order valence-electron chi connectivity index (χ0n) is 16.3. The molecule has 2 aromatic rings. The summed E-state index contributed by atoms with van der Waals surface area (Å²) in [7, 11) is -2.13. The average molecular weight is 399 g/mol. The van der Waals surface area contributed by atoms with Crippen molar-refractivity contribution < 1.29 is 13.2 Å². The number of nitrogens with one attached hydrogen (secondary N) is 1. The van der Waals surface area contributed by atoms with Crippen LogP contribution >= 0.6 is 0 Å². The lowest BCUT2D eigenvalue weighted by atomic mass is 9.99. The van der Waals surface area contributed by atoms with Gasteiger partial charge in [0.1, 0.15) is 0 Å². The van der Waals surface area contributed by atoms with Gasteiger partial charge in [-0.3, -0.25) is 9.10 Å². The second-order valence-electron chi connectivity index (χ2n) is 7.12. The summed E-state index contributed by atoms with van der Waals surface area (Å²) in [6.45, 7) is 2.48. The molecule has 0 bridgehead atoms. The Bertz CT molecular complexity index is 962. The summed E-state index contributed by atoms with van der Waals surface area (Å²) in [6.07, 6.45) is 6.73. The molecule has 0 saturated carbocycles. The van der Waals surface area contributed by atoms with Crippen LogP contribution in [0.25, 0.3) is 0 Å². The predicted octanol–water partition coefficient (Wildman–Crippen LogP) is 4.05. The lowest BCUT2D eigenvalue weighted by Crippen LogP contribution is -2.27. The van der Waals surface area contributed by atoms with E-state index in [1.807, 2.05) is 6.92 Å². The highest BCUT2D eigenvalue weighted by Crippen LogP contribution is 2.23. The number of aryl methyl sites for hydroxylation is 1. The first-order valence-corrected chi connectivity index (χ1v) is 10.9. The average Bonchev–Trinajstić information content (AvgIpc) is 2.72. The minimum Gasteiger partial charge on any atom is -0.348 e. The van der Waals surface area contributed by atoms with E-state index in [0.717, 1.165) is 18.4 Å². The summed E-state index contributed by atoms with van der Waals surface area (Å²) in [5.74, 6) is -0.151. The summed E-state index contributed by atoms with van der Waals surface area (Å²) in [6, 6.07) is 13.4. The van der Waals surface area contributed by atoms with Crippen molar-refractivity contribution in [2.24, 2.45) is 0 Å². The quantitative estimate of drug-likeness (QED) is 0.747. The van der Waals surface area contributed by atoms with E-state index >= 15 is 0 Å². The zero-order valence-corrected chi connectivity index (χ0v) is 17.1. The minimum absolute atomic E-state index is 0.151. The molecule has 0 fully saturated rings. The Kier molecular flexibility index (Phi) is 6.19. The monoisotopic (exact) mass is 398 g/mol. The van der Waals surface area contributed by atoms with E-state index in [1.54, 1.807) is 48.5 Å². The van der Waals surface area contributed by atoms with Gasteiger partial charge in [0.15, 0.2) is 0 Å². The highest BCUT2D eigenvalue weighted by molar-refractivity contribution is 7.92. The van der Waals surface area contributed by atoms with Crippen LogP contribution in [0.5, 0.6) is 0 Å². The van der Waals surface area contributed by atoms with Crippen molar-refractivity contribution in [1.82, 2.24) is 5.32 Å². The molecule has 0 atom stereocenters. The van der Waals surface area contributed by atoms with Crippen molar-refractivity contribution in [3.8, 4) is 0 Å². The van der Waals surface area contributed by atoms with Gasteiger partial charge in [-0.2, -0.15) is 0 Å². The number of nitrogens with zero attached hydrogens (tertiary/aromatic N) is 1. The maximum absolute atomic E-state index is 12.8. The molecule has 0 heterocycles. The molecule has 5 nitrogen and oxygen atoms in total. The fourth-order valence-electron chi connectivity index (χ4n) is 3.19. The normalized spacial score (nSPS) is 14.3. The molecule has 3 rings (SSSR count). The maximum Gasteiger partial charge on any atom is 0.264 e. The van der Waals surface area contributed by atoms with E-state index in [-0.39, 0.29) is 10.8 Å². The summed E-state index contributed by atoms with van der Waals surface area (Å²) in [5, 5.41) is 2.94. The van der Waals surface area contributed by atoms with Crippen LogP contribution < -0.4 is 9.62 Å². The molecule has 2 aromatic carbocycles. The summed E-state index contributed by atoms with van der Waals surface area (Å²) < 4.78 is 26.8. The highest BCUT2D eigenvalue weighted by Gasteiger charge is 2.21. The van der Waals surface area contributed by atoms with Crippen LogP contribution in [0.15, 0.2) is 65.1 Å². The molecule has 0 spiro atoms.